The van der Waals surface area contributed by atoms with Gasteiger partial charge in [0.05, 0.1) is 6.04 Å². The topological polar surface area (TPSA) is 70.7 Å². The zero-order chi connectivity index (χ0) is 20.8. The maximum absolute atomic E-state index is 12.7. The van der Waals surface area contributed by atoms with Gasteiger partial charge in [0.15, 0.2) is 0 Å². The lowest BCUT2D eigenvalue weighted by molar-refractivity contribution is -0.124. The Kier molecular flexibility index (Phi) is 8.57. The summed E-state index contributed by atoms with van der Waals surface area (Å²) in [4.78, 5) is 26.7. The van der Waals surface area contributed by atoms with Crippen molar-refractivity contribution in [2.24, 2.45) is 5.92 Å². The quantitative estimate of drug-likeness (QED) is 0.737. The van der Waals surface area contributed by atoms with Gasteiger partial charge in [0.1, 0.15) is 11.6 Å². The summed E-state index contributed by atoms with van der Waals surface area (Å²) in [5, 5.41) is 6.25. The maximum Gasteiger partial charge on any atom is 0.408 e. The molecular weight excluding hydrogens is 366 g/mol. The van der Waals surface area contributed by atoms with Crippen LogP contribution in [0.1, 0.15) is 46.2 Å². The molecule has 2 amide bonds. The monoisotopic (exact) mass is 397 g/mol. The van der Waals surface area contributed by atoms with Crippen molar-refractivity contribution in [3.05, 3.63) is 34.9 Å². The zero-order valence-corrected chi connectivity index (χ0v) is 18.1. The number of amides is 2. The number of halogens is 1. The second-order valence-corrected chi connectivity index (χ2v) is 8.58. The molecule has 6 nitrogen and oxygen atoms in total. The number of carbonyl (C=O) groups excluding carboxylic acids is 2. The van der Waals surface area contributed by atoms with E-state index in [0.29, 0.717) is 11.6 Å². The molecule has 7 heteroatoms. The minimum Gasteiger partial charge on any atom is -0.444 e. The summed E-state index contributed by atoms with van der Waals surface area (Å²) >= 11 is 6.09. The molecule has 0 aliphatic carbocycles. The summed E-state index contributed by atoms with van der Waals surface area (Å²) in [5.74, 6) is -0.328. The van der Waals surface area contributed by atoms with Crippen molar-refractivity contribution < 1.29 is 14.3 Å². The SMILES string of the molecule is CC(C)C(NC(=O)OC(C)(C)C)C(=O)NCC(c1cccc(Cl)c1)N(C)C. The van der Waals surface area contributed by atoms with Crippen LogP contribution >= 0.6 is 11.6 Å². The molecule has 0 saturated heterocycles. The average Bonchev–Trinajstić information content (AvgIpc) is 2.50. The Balaban J connectivity index is 2.78. The van der Waals surface area contributed by atoms with E-state index in [2.05, 4.69) is 10.6 Å². The van der Waals surface area contributed by atoms with E-state index in [0.717, 1.165) is 5.56 Å². The number of benzene rings is 1. The Morgan fingerprint density at radius 3 is 2.33 bits per heavy atom. The highest BCUT2D eigenvalue weighted by Gasteiger charge is 2.27. The molecule has 2 unspecified atom stereocenters. The second-order valence-electron chi connectivity index (χ2n) is 8.15. The molecule has 0 saturated carbocycles. The first-order valence-corrected chi connectivity index (χ1v) is 9.47. The molecule has 1 rings (SSSR count). The third kappa shape index (κ3) is 8.18. The van der Waals surface area contributed by atoms with Crippen LogP contribution in [0.3, 0.4) is 0 Å². The van der Waals surface area contributed by atoms with E-state index in [-0.39, 0.29) is 17.9 Å². The molecule has 0 fully saturated rings. The number of alkyl carbamates (subject to hydrolysis) is 1. The van der Waals surface area contributed by atoms with E-state index in [1.807, 2.05) is 57.1 Å². The summed E-state index contributed by atoms with van der Waals surface area (Å²) in [5.41, 5.74) is 0.388. The third-order valence-electron chi connectivity index (χ3n) is 3.95. The van der Waals surface area contributed by atoms with Crippen molar-refractivity contribution in [2.75, 3.05) is 20.6 Å². The first kappa shape index (κ1) is 23.2. The number of rotatable bonds is 7. The molecule has 27 heavy (non-hydrogen) atoms. The van der Waals surface area contributed by atoms with Crippen molar-refractivity contribution in [3.8, 4) is 0 Å². The average molecular weight is 398 g/mol. The van der Waals surface area contributed by atoms with Gasteiger partial charge in [0, 0.05) is 11.6 Å². The van der Waals surface area contributed by atoms with E-state index in [9.17, 15) is 9.59 Å². The molecule has 2 atom stereocenters. The number of hydrogen-bond acceptors (Lipinski definition) is 4. The molecule has 0 aromatic heterocycles. The lowest BCUT2D eigenvalue weighted by atomic mass is 10.0. The number of ether oxygens (including phenoxy) is 1. The Morgan fingerprint density at radius 2 is 1.85 bits per heavy atom. The van der Waals surface area contributed by atoms with Gasteiger partial charge in [-0.25, -0.2) is 4.79 Å². The summed E-state index contributed by atoms with van der Waals surface area (Å²) < 4.78 is 5.26. The van der Waals surface area contributed by atoms with Crippen molar-refractivity contribution in [1.82, 2.24) is 15.5 Å². The van der Waals surface area contributed by atoms with Crippen LogP contribution in [0.15, 0.2) is 24.3 Å². The summed E-state index contributed by atoms with van der Waals surface area (Å²) in [6.07, 6.45) is -0.602. The van der Waals surface area contributed by atoms with Crippen LogP contribution in [-0.4, -0.2) is 49.2 Å². The van der Waals surface area contributed by atoms with E-state index < -0.39 is 17.7 Å². The van der Waals surface area contributed by atoms with Gasteiger partial charge in [0.25, 0.3) is 0 Å². The summed E-state index contributed by atoms with van der Waals surface area (Å²) in [6, 6.07) is 6.84. The molecule has 152 valence electrons. The fraction of sp³-hybridized carbons (Fsp3) is 0.600. The predicted molar refractivity (Wildman–Crippen MR) is 109 cm³/mol. The number of nitrogens with zero attached hydrogens (tertiary/aromatic N) is 1. The number of carbonyl (C=O) groups is 2. The predicted octanol–water partition coefficient (Wildman–Crippen LogP) is 3.61. The van der Waals surface area contributed by atoms with E-state index in [1.165, 1.54) is 0 Å². The van der Waals surface area contributed by atoms with Gasteiger partial charge in [-0.2, -0.15) is 0 Å². The minimum absolute atomic E-state index is 0.0398. The molecule has 1 aromatic carbocycles. The Morgan fingerprint density at radius 1 is 1.22 bits per heavy atom. The maximum atomic E-state index is 12.7. The molecule has 0 spiro atoms. The normalized spacial score (nSPS) is 14.0. The largest absolute Gasteiger partial charge is 0.444 e. The highest BCUT2D eigenvalue weighted by Crippen LogP contribution is 2.21. The van der Waals surface area contributed by atoms with Gasteiger partial charge < -0.3 is 20.3 Å². The van der Waals surface area contributed by atoms with E-state index in [4.69, 9.17) is 16.3 Å². The summed E-state index contributed by atoms with van der Waals surface area (Å²) in [7, 11) is 3.88. The van der Waals surface area contributed by atoms with Gasteiger partial charge in [-0.1, -0.05) is 37.6 Å². The van der Waals surface area contributed by atoms with Gasteiger partial charge in [-0.15, -0.1) is 0 Å². The molecule has 0 radical (unpaired) electrons. The minimum atomic E-state index is -0.679. The first-order chi connectivity index (χ1) is 12.4. The van der Waals surface area contributed by atoms with Gasteiger partial charge in [0.2, 0.25) is 5.91 Å². The van der Waals surface area contributed by atoms with Crippen molar-refractivity contribution >= 4 is 23.6 Å². The smallest absolute Gasteiger partial charge is 0.408 e. The van der Waals surface area contributed by atoms with E-state index >= 15 is 0 Å². The molecule has 0 heterocycles. The van der Waals surface area contributed by atoms with Crippen LogP contribution in [0.5, 0.6) is 0 Å². The Labute approximate surface area is 167 Å². The Hall–Kier alpha value is -1.79. The molecule has 1 aromatic rings. The first-order valence-electron chi connectivity index (χ1n) is 9.10. The fourth-order valence-corrected chi connectivity index (χ4v) is 2.79. The van der Waals surface area contributed by atoms with Crippen molar-refractivity contribution in [1.29, 1.82) is 0 Å². The zero-order valence-electron chi connectivity index (χ0n) is 17.3. The second kappa shape index (κ2) is 9.95. The molecule has 2 N–H and O–H groups in total. The van der Waals surface area contributed by atoms with Crippen LogP contribution in [0.25, 0.3) is 0 Å². The number of hydrogen-bond donors (Lipinski definition) is 2. The van der Waals surface area contributed by atoms with Gasteiger partial charge in [-0.05, 0) is 58.5 Å². The van der Waals surface area contributed by atoms with Gasteiger partial charge in [-0.3, -0.25) is 4.79 Å². The molecule has 0 bridgehead atoms. The molecular formula is C20H32ClN3O3. The molecule has 0 aliphatic rings. The van der Waals surface area contributed by atoms with Crippen LogP contribution in [-0.2, 0) is 9.53 Å². The van der Waals surface area contributed by atoms with Crippen LogP contribution < -0.4 is 10.6 Å². The van der Waals surface area contributed by atoms with Gasteiger partial charge >= 0.3 is 6.09 Å². The van der Waals surface area contributed by atoms with Crippen LogP contribution in [0.2, 0.25) is 5.02 Å². The standard InChI is InChI=1S/C20H32ClN3O3/c1-13(2)17(23-19(26)27-20(3,4)5)18(25)22-12-16(24(6)7)14-9-8-10-15(21)11-14/h8-11,13,16-17H,12H2,1-7H3,(H,22,25)(H,23,26). The highest BCUT2D eigenvalue weighted by molar-refractivity contribution is 6.30. The highest BCUT2D eigenvalue weighted by atomic mass is 35.5. The molecule has 0 aliphatic heterocycles. The summed E-state index contributed by atoms with van der Waals surface area (Å²) in [6.45, 7) is 9.49. The van der Waals surface area contributed by atoms with Crippen molar-refractivity contribution in [2.45, 2.75) is 52.3 Å². The Bertz CT molecular complexity index is 642. The van der Waals surface area contributed by atoms with Crippen LogP contribution in [0, 0.1) is 5.92 Å². The number of likely N-dealkylation sites (N-methyl/N-ethyl adjacent to an activating group) is 1. The van der Waals surface area contributed by atoms with E-state index in [1.54, 1.807) is 20.8 Å². The fourth-order valence-electron chi connectivity index (χ4n) is 2.59. The number of nitrogens with one attached hydrogen (secondary N) is 2. The lowest BCUT2D eigenvalue weighted by Gasteiger charge is -2.28. The lowest BCUT2D eigenvalue weighted by Crippen LogP contribution is -2.51. The third-order valence-corrected chi connectivity index (χ3v) is 4.18. The van der Waals surface area contributed by atoms with Crippen LogP contribution in [0.4, 0.5) is 4.79 Å². The van der Waals surface area contributed by atoms with Crippen molar-refractivity contribution in [3.63, 3.8) is 0 Å².